The molecule has 2 N–H and O–H groups in total. The van der Waals surface area contributed by atoms with Crippen LogP contribution >= 0.6 is 11.6 Å². The van der Waals surface area contributed by atoms with Crippen LogP contribution in [0, 0.1) is 0 Å². The molecule has 6 heteroatoms. The normalized spacial score (nSPS) is 14.3. The van der Waals surface area contributed by atoms with Gasteiger partial charge in [-0.05, 0) is 19.8 Å². The van der Waals surface area contributed by atoms with Crippen LogP contribution in [-0.2, 0) is 11.3 Å². The fraction of sp³-hybridized carbons (Fsp3) is 0.667. The minimum absolute atomic E-state index is 0.126. The molecule has 1 heterocycles. The molecular weight excluding hydrogens is 254 g/mol. The lowest BCUT2D eigenvalue weighted by Gasteiger charge is -2.29. The van der Waals surface area contributed by atoms with Crippen molar-refractivity contribution in [2.24, 2.45) is 0 Å². The van der Waals surface area contributed by atoms with E-state index in [4.69, 9.17) is 21.4 Å². The first-order valence-corrected chi connectivity index (χ1v) is 6.32. The summed E-state index contributed by atoms with van der Waals surface area (Å²) in [5.74, 6) is 1.19. The van der Waals surface area contributed by atoms with E-state index in [2.05, 4.69) is 22.2 Å². The Labute approximate surface area is 113 Å². The number of methoxy groups -OCH3 is 1. The highest BCUT2D eigenvalue weighted by Crippen LogP contribution is 2.22. The maximum Gasteiger partial charge on any atom is 0.158 e. The Morgan fingerprint density at radius 2 is 2.22 bits per heavy atom. The van der Waals surface area contributed by atoms with Crippen LogP contribution < -0.4 is 5.32 Å². The van der Waals surface area contributed by atoms with E-state index in [0.717, 1.165) is 6.42 Å². The lowest BCUT2D eigenvalue weighted by Crippen LogP contribution is -2.35. The average molecular weight is 274 g/mol. The van der Waals surface area contributed by atoms with Gasteiger partial charge in [0, 0.05) is 25.3 Å². The fourth-order valence-corrected chi connectivity index (χ4v) is 1.81. The van der Waals surface area contributed by atoms with Gasteiger partial charge in [-0.15, -0.1) is 0 Å². The molecule has 0 spiro atoms. The molecule has 0 aliphatic rings. The van der Waals surface area contributed by atoms with Crippen LogP contribution in [0.5, 0.6) is 0 Å². The predicted octanol–water partition coefficient (Wildman–Crippen LogP) is 2.24. The molecule has 1 unspecified atom stereocenters. The number of anilines is 1. The van der Waals surface area contributed by atoms with E-state index in [0.29, 0.717) is 29.8 Å². The van der Waals surface area contributed by atoms with Crippen molar-refractivity contribution in [2.75, 3.05) is 19.0 Å². The number of rotatable bonds is 7. The van der Waals surface area contributed by atoms with Crippen molar-refractivity contribution in [3.05, 3.63) is 17.0 Å². The zero-order valence-corrected chi connectivity index (χ0v) is 11.8. The van der Waals surface area contributed by atoms with Gasteiger partial charge in [-0.1, -0.05) is 18.5 Å². The van der Waals surface area contributed by atoms with Gasteiger partial charge in [0.15, 0.2) is 5.82 Å². The van der Waals surface area contributed by atoms with E-state index in [1.165, 1.54) is 0 Å². The molecule has 102 valence electrons. The summed E-state index contributed by atoms with van der Waals surface area (Å²) in [6.07, 6.45) is 1.51. The molecule has 0 bridgehead atoms. The van der Waals surface area contributed by atoms with E-state index < -0.39 is 0 Å². The van der Waals surface area contributed by atoms with Gasteiger partial charge in [0.1, 0.15) is 17.6 Å². The maximum absolute atomic E-state index is 9.09. The Morgan fingerprint density at radius 1 is 1.50 bits per heavy atom. The molecule has 1 rings (SSSR count). The second kappa shape index (κ2) is 6.87. The summed E-state index contributed by atoms with van der Waals surface area (Å²) in [5, 5.41) is 12.8. The minimum Gasteiger partial charge on any atom is -0.396 e. The highest BCUT2D eigenvalue weighted by Gasteiger charge is 2.22. The van der Waals surface area contributed by atoms with Crippen LogP contribution in [0.2, 0.25) is 5.15 Å². The second-order valence-electron chi connectivity index (χ2n) is 4.44. The summed E-state index contributed by atoms with van der Waals surface area (Å²) in [6.45, 7) is 4.54. The molecule has 1 aromatic rings. The Bertz CT molecular complexity index is 390. The molecule has 0 aliphatic carbocycles. The molecule has 0 radical (unpaired) electrons. The molecule has 0 saturated heterocycles. The lowest BCUT2D eigenvalue weighted by atomic mass is 9.95. The molecule has 0 saturated carbocycles. The van der Waals surface area contributed by atoms with Gasteiger partial charge in [-0.2, -0.15) is 0 Å². The van der Waals surface area contributed by atoms with Crippen molar-refractivity contribution in [3.8, 4) is 0 Å². The third-order valence-electron chi connectivity index (χ3n) is 2.89. The molecule has 0 fully saturated rings. The van der Waals surface area contributed by atoms with E-state index in [-0.39, 0.29) is 12.1 Å². The molecule has 0 amide bonds. The van der Waals surface area contributed by atoms with Gasteiger partial charge in [-0.3, -0.25) is 0 Å². The van der Waals surface area contributed by atoms with Crippen molar-refractivity contribution < 1.29 is 9.84 Å². The third kappa shape index (κ3) is 4.40. The van der Waals surface area contributed by atoms with Gasteiger partial charge in [0.2, 0.25) is 0 Å². The highest BCUT2D eigenvalue weighted by molar-refractivity contribution is 6.29. The minimum atomic E-state index is -0.212. The Balaban J connectivity index is 2.88. The number of nitrogens with one attached hydrogen (secondary N) is 1. The first-order valence-electron chi connectivity index (χ1n) is 5.94. The molecule has 18 heavy (non-hydrogen) atoms. The summed E-state index contributed by atoms with van der Waals surface area (Å²) in [4.78, 5) is 8.39. The summed E-state index contributed by atoms with van der Waals surface area (Å²) in [7, 11) is 1.58. The summed E-state index contributed by atoms with van der Waals surface area (Å²) < 4.78 is 4.99. The van der Waals surface area contributed by atoms with E-state index in [1.54, 1.807) is 13.2 Å². The number of halogens is 1. The van der Waals surface area contributed by atoms with Crippen LogP contribution in [-0.4, -0.2) is 34.3 Å². The first kappa shape index (κ1) is 15.1. The van der Waals surface area contributed by atoms with Crippen molar-refractivity contribution in [2.45, 2.75) is 38.8 Å². The lowest BCUT2D eigenvalue weighted by molar-refractivity contribution is 0.178. The molecule has 5 nitrogen and oxygen atoms in total. The van der Waals surface area contributed by atoms with Crippen LogP contribution in [0.25, 0.3) is 0 Å². The zero-order chi connectivity index (χ0) is 13.6. The Morgan fingerprint density at radius 3 is 2.78 bits per heavy atom. The van der Waals surface area contributed by atoms with Gasteiger partial charge < -0.3 is 15.2 Å². The average Bonchev–Trinajstić information content (AvgIpc) is 2.28. The Hall–Kier alpha value is -0.910. The number of nitrogens with zero attached hydrogens (tertiary/aromatic N) is 2. The standard InChI is InChI=1S/C12H20ClN3O2/c1-4-12(2,5-6-17)16-10-7-9(13)14-11(15-10)8-18-3/h7,17H,4-6,8H2,1-3H3,(H,14,15,16). The van der Waals surface area contributed by atoms with Crippen molar-refractivity contribution in [1.82, 2.24) is 9.97 Å². The predicted molar refractivity (Wildman–Crippen MR) is 71.8 cm³/mol. The summed E-state index contributed by atoms with van der Waals surface area (Å²) in [6, 6.07) is 1.67. The molecular formula is C12H20ClN3O2. The van der Waals surface area contributed by atoms with Crippen molar-refractivity contribution >= 4 is 17.4 Å². The van der Waals surface area contributed by atoms with E-state index in [9.17, 15) is 0 Å². The number of ether oxygens (including phenoxy) is 1. The van der Waals surface area contributed by atoms with Crippen molar-refractivity contribution in [3.63, 3.8) is 0 Å². The molecule has 0 aromatic carbocycles. The van der Waals surface area contributed by atoms with Crippen LogP contribution in [0.15, 0.2) is 6.07 Å². The Kier molecular flexibility index (Phi) is 5.78. The molecule has 1 aromatic heterocycles. The quantitative estimate of drug-likeness (QED) is 0.746. The molecule has 0 aliphatic heterocycles. The van der Waals surface area contributed by atoms with Crippen LogP contribution in [0.4, 0.5) is 5.82 Å². The van der Waals surface area contributed by atoms with Gasteiger partial charge >= 0.3 is 0 Å². The van der Waals surface area contributed by atoms with Crippen LogP contribution in [0.3, 0.4) is 0 Å². The first-order chi connectivity index (χ1) is 8.53. The zero-order valence-electron chi connectivity index (χ0n) is 11.0. The fourth-order valence-electron chi connectivity index (χ4n) is 1.61. The summed E-state index contributed by atoms with van der Waals surface area (Å²) >= 11 is 5.94. The highest BCUT2D eigenvalue weighted by atomic mass is 35.5. The third-order valence-corrected chi connectivity index (χ3v) is 3.08. The number of hydrogen-bond donors (Lipinski definition) is 2. The van der Waals surface area contributed by atoms with Crippen LogP contribution in [0.1, 0.15) is 32.5 Å². The SMILES string of the molecule is CCC(C)(CCO)Nc1cc(Cl)nc(COC)n1. The number of aliphatic hydroxyl groups excluding tert-OH is 1. The topological polar surface area (TPSA) is 67.3 Å². The number of aliphatic hydroxyl groups is 1. The summed E-state index contributed by atoms with van der Waals surface area (Å²) in [5.41, 5.74) is -0.212. The van der Waals surface area contributed by atoms with E-state index in [1.807, 2.05) is 6.92 Å². The second-order valence-corrected chi connectivity index (χ2v) is 4.83. The number of hydrogen-bond acceptors (Lipinski definition) is 5. The van der Waals surface area contributed by atoms with Gasteiger partial charge in [0.25, 0.3) is 0 Å². The van der Waals surface area contributed by atoms with Crippen molar-refractivity contribution in [1.29, 1.82) is 0 Å². The smallest absolute Gasteiger partial charge is 0.158 e. The van der Waals surface area contributed by atoms with E-state index >= 15 is 0 Å². The van der Waals surface area contributed by atoms with Gasteiger partial charge in [-0.25, -0.2) is 9.97 Å². The monoisotopic (exact) mass is 273 g/mol. The molecule has 1 atom stereocenters. The van der Waals surface area contributed by atoms with Gasteiger partial charge in [0.05, 0.1) is 0 Å². The number of aromatic nitrogens is 2. The maximum atomic E-state index is 9.09. The largest absolute Gasteiger partial charge is 0.396 e.